The molecule has 3 rings (SSSR count). The Kier molecular flexibility index (Phi) is 5.96. The van der Waals surface area contributed by atoms with Gasteiger partial charge in [-0.25, -0.2) is 4.98 Å². The van der Waals surface area contributed by atoms with E-state index in [0.29, 0.717) is 17.3 Å². The lowest BCUT2D eigenvalue weighted by Gasteiger charge is -2.15. The quantitative estimate of drug-likeness (QED) is 0.686. The molecule has 0 saturated carbocycles. The standard InChI is InChI=1S/C19H19ClN4OS/c1-13(15-6-3-4-7-16(15)20)24-18-12-22-17(10-14(18)11-23-24)19(25)21-8-5-9-26-2/h3-7,9-13H,8H2,1-2H3,(H,21,25)/b9-5+/t13-/m0/s1. The van der Waals surface area contributed by atoms with Gasteiger partial charge < -0.3 is 5.32 Å². The molecule has 0 spiro atoms. The molecule has 0 bridgehead atoms. The number of nitrogens with one attached hydrogen (secondary N) is 1. The number of fused-ring (bicyclic) bond motifs is 1. The van der Waals surface area contributed by atoms with Crippen molar-refractivity contribution in [2.75, 3.05) is 12.8 Å². The molecule has 5 nitrogen and oxygen atoms in total. The number of hydrogen-bond donors (Lipinski definition) is 1. The predicted octanol–water partition coefficient (Wildman–Crippen LogP) is 4.30. The summed E-state index contributed by atoms with van der Waals surface area (Å²) in [6.45, 7) is 2.51. The van der Waals surface area contributed by atoms with Crippen LogP contribution in [0.3, 0.4) is 0 Å². The van der Waals surface area contributed by atoms with E-state index in [-0.39, 0.29) is 11.9 Å². The SMILES string of the molecule is CS/C=C/CNC(=O)c1cc2cnn([C@@H](C)c3ccccc3Cl)c2cn1. The number of benzene rings is 1. The average Bonchev–Trinajstić information content (AvgIpc) is 3.08. The molecule has 2 aromatic heterocycles. The molecule has 1 atom stereocenters. The molecular formula is C19H19ClN4OS. The lowest BCUT2D eigenvalue weighted by molar-refractivity contribution is 0.0953. The third kappa shape index (κ3) is 3.92. The molecule has 2 heterocycles. The van der Waals surface area contributed by atoms with Gasteiger partial charge in [0.25, 0.3) is 5.91 Å². The summed E-state index contributed by atoms with van der Waals surface area (Å²) in [7, 11) is 0. The van der Waals surface area contributed by atoms with E-state index in [1.807, 2.05) is 53.6 Å². The first kappa shape index (κ1) is 18.5. The summed E-state index contributed by atoms with van der Waals surface area (Å²) < 4.78 is 1.87. The Labute approximate surface area is 161 Å². The van der Waals surface area contributed by atoms with Crippen molar-refractivity contribution in [1.29, 1.82) is 0 Å². The van der Waals surface area contributed by atoms with Gasteiger partial charge in [0.15, 0.2) is 0 Å². The molecule has 134 valence electrons. The number of amides is 1. The number of rotatable bonds is 6. The second-order valence-corrected chi connectivity index (χ2v) is 6.88. The molecule has 0 saturated heterocycles. The first-order chi connectivity index (χ1) is 12.6. The minimum atomic E-state index is -0.204. The maximum Gasteiger partial charge on any atom is 0.270 e. The third-order valence-corrected chi connectivity index (χ3v) is 4.86. The zero-order valence-corrected chi connectivity index (χ0v) is 16.1. The van der Waals surface area contributed by atoms with E-state index in [1.54, 1.807) is 30.2 Å². The first-order valence-corrected chi connectivity index (χ1v) is 9.82. The van der Waals surface area contributed by atoms with Crippen molar-refractivity contribution in [2.24, 2.45) is 0 Å². The molecule has 0 aliphatic rings. The minimum Gasteiger partial charge on any atom is -0.347 e. The number of pyridine rings is 1. The molecule has 1 amide bonds. The van der Waals surface area contributed by atoms with Crippen LogP contribution in [-0.2, 0) is 0 Å². The maximum absolute atomic E-state index is 12.2. The van der Waals surface area contributed by atoms with Gasteiger partial charge in [-0.2, -0.15) is 5.10 Å². The first-order valence-electron chi connectivity index (χ1n) is 8.15. The van der Waals surface area contributed by atoms with Crippen molar-refractivity contribution in [2.45, 2.75) is 13.0 Å². The van der Waals surface area contributed by atoms with Crippen LogP contribution in [0.15, 0.2) is 54.2 Å². The fraction of sp³-hybridized carbons (Fsp3) is 0.211. The number of thioether (sulfide) groups is 1. The highest BCUT2D eigenvalue weighted by molar-refractivity contribution is 8.01. The molecule has 3 aromatic rings. The normalized spacial score (nSPS) is 12.6. The van der Waals surface area contributed by atoms with Crippen molar-refractivity contribution < 1.29 is 4.79 Å². The van der Waals surface area contributed by atoms with E-state index in [1.165, 1.54) is 0 Å². The van der Waals surface area contributed by atoms with Gasteiger partial charge >= 0.3 is 0 Å². The van der Waals surface area contributed by atoms with Crippen molar-refractivity contribution in [3.63, 3.8) is 0 Å². The largest absolute Gasteiger partial charge is 0.347 e. The van der Waals surface area contributed by atoms with Gasteiger partial charge in [-0.05, 0) is 36.3 Å². The van der Waals surface area contributed by atoms with Crippen LogP contribution >= 0.6 is 23.4 Å². The summed E-state index contributed by atoms with van der Waals surface area (Å²) in [5, 5.41) is 10.8. The number of halogens is 1. The van der Waals surface area contributed by atoms with Crippen LogP contribution in [0, 0.1) is 0 Å². The molecular weight excluding hydrogens is 368 g/mol. The predicted molar refractivity (Wildman–Crippen MR) is 108 cm³/mol. The van der Waals surface area contributed by atoms with E-state index in [0.717, 1.165) is 16.5 Å². The van der Waals surface area contributed by atoms with Crippen molar-refractivity contribution in [3.05, 3.63) is 70.5 Å². The summed E-state index contributed by atoms with van der Waals surface area (Å²) in [4.78, 5) is 16.5. The van der Waals surface area contributed by atoms with E-state index in [2.05, 4.69) is 15.4 Å². The number of carbonyl (C=O) groups is 1. The fourth-order valence-corrected chi connectivity index (χ4v) is 3.29. The van der Waals surface area contributed by atoms with Gasteiger partial charge in [-0.1, -0.05) is 35.9 Å². The zero-order valence-electron chi connectivity index (χ0n) is 14.5. The van der Waals surface area contributed by atoms with Gasteiger partial charge in [-0.3, -0.25) is 9.48 Å². The van der Waals surface area contributed by atoms with Crippen LogP contribution < -0.4 is 5.32 Å². The van der Waals surface area contributed by atoms with Gasteiger partial charge in [0.1, 0.15) is 5.69 Å². The molecule has 1 N–H and O–H groups in total. The van der Waals surface area contributed by atoms with Crippen LogP contribution in [0.4, 0.5) is 0 Å². The number of nitrogens with zero attached hydrogens (tertiary/aromatic N) is 3. The van der Waals surface area contributed by atoms with Crippen molar-refractivity contribution in [3.8, 4) is 0 Å². The van der Waals surface area contributed by atoms with Crippen molar-refractivity contribution >= 4 is 40.2 Å². The van der Waals surface area contributed by atoms with E-state index in [9.17, 15) is 4.79 Å². The molecule has 0 aliphatic heterocycles. The number of hydrogen-bond acceptors (Lipinski definition) is 4. The highest BCUT2D eigenvalue weighted by Crippen LogP contribution is 2.28. The molecule has 0 radical (unpaired) electrons. The van der Waals surface area contributed by atoms with Crippen LogP contribution in [0.25, 0.3) is 10.9 Å². The van der Waals surface area contributed by atoms with E-state index >= 15 is 0 Å². The minimum absolute atomic E-state index is 0.0423. The highest BCUT2D eigenvalue weighted by atomic mass is 35.5. The number of carbonyl (C=O) groups excluding carboxylic acids is 1. The second kappa shape index (κ2) is 8.38. The Morgan fingerprint density at radius 2 is 2.19 bits per heavy atom. The molecule has 1 aromatic carbocycles. The molecule has 7 heteroatoms. The van der Waals surface area contributed by atoms with Gasteiger partial charge in [-0.15, -0.1) is 11.8 Å². The summed E-state index contributed by atoms with van der Waals surface area (Å²) in [6.07, 6.45) is 7.29. The summed E-state index contributed by atoms with van der Waals surface area (Å²) >= 11 is 7.90. The lowest BCUT2D eigenvalue weighted by Crippen LogP contribution is -2.24. The fourth-order valence-electron chi connectivity index (χ4n) is 2.71. The lowest BCUT2D eigenvalue weighted by atomic mass is 10.1. The summed E-state index contributed by atoms with van der Waals surface area (Å²) in [5.74, 6) is -0.204. The Bertz CT molecular complexity index is 954. The number of aromatic nitrogens is 3. The second-order valence-electron chi connectivity index (χ2n) is 5.73. The van der Waals surface area contributed by atoms with Crippen molar-refractivity contribution in [1.82, 2.24) is 20.1 Å². The Hall–Kier alpha value is -2.31. The average molecular weight is 387 g/mol. The van der Waals surface area contributed by atoms with E-state index < -0.39 is 0 Å². The molecule has 0 unspecified atom stereocenters. The van der Waals surface area contributed by atoms with Crippen LogP contribution in [0.5, 0.6) is 0 Å². The van der Waals surface area contributed by atoms with Crippen LogP contribution in [-0.4, -0.2) is 33.5 Å². The van der Waals surface area contributed by atoms with Gasteiger partial charge in [0.05, 0.1) is 24.0 Å². The Morgan fingerprint density at radius 3 is 2.96 bits per heavy atom. The smallest absolute Gasteiger partial charge is 0.270 e. The Morgan fingerprint density at radius 1 is 1.38 bits per heavy atom. The van der Waals surface area contributed by atoms with Gasteiger partial charge in [0, 0.05) is 17.0 Å². The summed E-state index contributed by atoms with van der Waals surface area (Å²) in [6, 6.07) is 9.42. The van der Waals surface area contributed by atoms with Crippen LogP contribution in [0.2, 0.25) is 5.02 Å². The topological polar surface area (TPSA) is 59.8 Å². The summed E-state index contributed by atoms with van der Waals surface area (Å²) in [5.41, 5.74) is 2.22. The van der Waals surface area contributed by atoms with Gasteiger partial charge in [0.2, 0.25) is 0 Å². The van der Waals surface area contributed by atoms with Crippen LogP contribution in [0.1, 0.15) is 29.0 Å². The maximum atomic E-state index is 12.2. The third-order valence-electron chi connectivity index (χ3n) is 4.05. The monoisotopic (exact) mass is 386 g/mol. The molecule has 0 aliphatic carbocycles. The molecule has 26 heavy (non-hydrogen) atoms. The Balaban J connectivity index is 1.84. The zero-order chi connectivity index (χ0) is 18.5. The van der Waals surface area contributed by atoms with E-state index in [4.69, 9.17) is 11.6 Å². The molecule has 0 fully saturated rings. The highest BCUT2D eigenvalue weighted by Gasteiger charge is 2.16.